The van der Waals surface area contributed by atoms with Gasteiger partial charge in [-0.2, -0.15) is 0 Å². The smallest absolute Gasteiger partial charge is 0.550 e. The molecule has 1 amide bonds. The quantitative estimate of drug-likeness (QED) is 0.604. The van der Waals surface area contributed by atoms with E-state index in [0.717, 1.165) is 22.2 Å². The van der Waals surface area contributed by atoms with Gasteiger partial charge in [0.05, 0.1) is 0 Å². The number of aryl methyl sites for hydroxylation is 1. The van der Waals surface area contributed by atoms with Crippen LogP contribution in [0.25, 0.3) is 10.9 Å². The van der Waals surface area contributed by atoms with Crippen LogP contribution < -0.4 is 40.0 Å². The molecule has 1 aromatic heterocycles. The fourth-order valence-electron chi connectivity index (χ4n) is 2.86. The summed E-state index contributed by atoms with van der Waals surface area (Å²) in [7, 11) is 0. The van der Waals surface area contributed by atoms with Crippen LogP contribution in [0.1, 0.15) is 17.7 Å². The van der Waals surface area contributed by atoms with Crippen LogP contribution in [0.5, 0.6) is 0 Å². The maximum Gasteiger partial charge on any atom is 1.00 e. The SMILES string of the molecule is Cc1[nH]c2ccc(F)cc2c1CCNC(=O)[C@@H]1C[C@@H]1C(=O)[O-].[Na+]. The Morgan fingerprint density at radius 3 is 2.78 bits per heavy atom. The molecule has 0 saturated heterocycles. The molecule has 23 heavy (non-hydrogen) atoms. The van der Waals surface area contributed by atoms with Crippen LogP contribution in [0.15, 0.2) is 18.2 Å². The van der Waals surface area contributed by atoms with Crippen LogP contribution in [-0.2, 0) is 16.0 Å². The van der Waals surface area contributed by atoms with Gasteiger partial charge in [0.15, 0.2) is 0 Å². The zero-order valence-electron chi connectivity index (χ0n) is 13.1. The summed E-state index contributed by atoms with van der Waals surface area (Å²) < 4.78 is 13.4. The van der Waals surface area contributed by atoms with E-state index >= 15 is 0 Å². The number of carboxylic acids is 1. The molecule has 1 aliphatic carbocycles. The molecule has 0 aliphatic heterocycles. The van der Waals surface area contributed by atoms with E-state index in [1.54, 1.807) is 6.07 Å². The molecule has 0 radical (unpaired) electrons. The van der Waals surface area contributed by atoms with Gasteiger partial charge in [0, 0.05) is 40.9 Å². The predicted molar refractivity (Wildman–Crippen MR) is 76.3 cm³/mol. The molecule has 1 heterocycles. The van der Waals surface area contributed by atoms with Crippen LogP contribution in [0.2, 0.25) is 0 Å². The van der Waals surface area contributed by atoms with E-state index in [0.29, 0.717) is 19.4 Å². The van der Waals surface area contributed by atoms with Crippen LogP contribution in [0.3, 0.4) is 0 Å². The van der Waals surface area contributed by atoms with E-state index in [1.807, 2.05) is 6.92 Å². The number of H-pyrrole nitrogens is 1. The molecule has 0 spiro atoms. The van der Waals surface area contributed by atoms with Gasteiger partial charge >= 0.3 is 29.6 Å². The maximum absolute atomic E-state index is 13.4. The topological polar surface area (TPSA) is 85.0 Å². The van der Waals surface area contributed by atoms with Gasteiger partial charge in [0.1, 0.15) is 5.82 Å². The van der Waals surface area contributed by atoms with E-state index < -0.39 is 17.8 Å². The van der Waals surface area contributed by atoms with Crippen molar-refractivity contribution in [1.82, 2.24) is 10.3 Å². The fraction of sp³-hybridized carbons (Fsp3) is 0.375. The number of aromatic nitrogens is 1. The number of carbonyl (C=O) groups excluding carboxylic acids is 2. The Kier molecular flexibility index (Phi) is 5.49. The summed E-state index contributed by atoms with van der Waals surface area (Å²) >= 11 is 0. The Morgan fingerprint density at radius 2 is 2.13 bits per heavy atom. The van der Waals surface area contributed by atoms with Gasteiger partial charge in [-0.25, -0.2) is 4.39 Å². The Morgan fingerprint density at radius 1 is 1.39 bits per heavy atom. The van der Waals surface area contributed by atoms with Crippen molar-refractivity contribution in [3.05, 3.63) is 35.3 Å². The summed E-state index contributed by atoms with van der Waals surface area (Å²) in [5.41, 5.74) is 2.76. The van der Waals surface area contributed by atoms with E-state index in [2.05, 4.69) is 10.3 Å². The molecule has 2 aromatic rings. The van der Waals surface area contributed by atoms with Crippen LogP contribution >= 0.6 is 0 Å². The molecular formula is C16H16FN2NaO3. The molecule has 3 rings (SSSR count). The molecule has 116 valence electrons. The zero-order valence-corrected chi connectivity index (χ0v) is 15.1. The van der Waals surface area contributed by atoms with Crippen molar-refractivity contribution in [2.24, 2.45) is 11.8 Å². The normalized spacial score (nSPS) is 19.2. The van der Waals surface area contributed by atoms with E-state index in [4.69, 9.17) is 0 Å². The molecule has 2 N–H and O–H groups in total. The molecule has 2 atom stereocenters. The summed E-state index contributed by atoms with van der Waals surface area (Å²) in [4.78, 5) is 25.6. The van der Waals surface area contributed by atoms with Crippen molar-refractivity contribution < 1.29 is 48.6 Å². The molecule has 1 fully saturated rings. The fourth-order valence-corrected chi connectivity index (χ4v) is 2.86. The minimum atomic E-state index is -1.16. The van der Waals surface area contributed by atoms with Gasteiger partial charge in [0.2, 0.25) is 5.91 Å². The number of carbonyl (C=O) groups is 2. The first-order valence-corrected chi connectivity index (χ1v) is 7.22. The number of nitrogens with one attached hydrogen (secondary N) is 2. The molecular weight excluding hydrogens is 310 g/mol. The Balaban J connectivity index is 0.00000192. The number of carboxylic acid groups (broad SMARTS) is 1. The standard InChI is InChI=1S/C16H17FN2O3.Na/c1-8-10(11-6-9(17)2-3-14(11)19-8)4-5-18-15(20)12-7-13(12)16(21)22;/h2-3,6,12-13,19H,4-5,7H2,1H3,(H,18,20)(H,21,22);/q;+1/p-1/t12-,13+;/m1./s1. The van der Waals surface area contributed by atoms with Crippen LogP contribution in [0, 0.1) is 24.6 Å². The second-order valence-electron chi connectivity index (χ2n) is 5.73. The Labute approximate surface area is 154 Å². The number of aliphatic carboxylic acids is 1. The van der Waals surface area contributed by atoms with Gasteiger partial charge in [0.25, 0.3) is 0 Å². The molecule has 7 heteroatoms. The van der Waals surface area contributed by atoms with Crippen molar-refractivity contribution >= 4 is 22.8 Å². The van der Waals surface area contributed by atoms with Gasteiger partial charge in [-0.05, 0) is 43.5 Å². The number of hydrogen-bond acceptors (Lipinski definition) is 3. The third-order valence-corrected chi connectivity index (χ3v) is 4.19. The summed E-state index contributed by atoms with van der Waals surface area (Å²) in [5, 5.41) is 14.2. The predicted octanol–water partition coefficient (Wildman–Crippen LogP) is -2.34. The number of rotatable bonds is 5. The molecule has 5 nitrogen and oxygen atoms in total. The van der Waals surface area contributed by atoms with Gasteiger partial charge < -0.3 is 20.2 Å². The summed E-state index contributed by atoms with van der Waals surface area (Å²) in [6, 6.07) is 4.56. The van der Waals surface area contributed by atoms with Crippen molar-refractivity contribution in [1.29, 1.82) is 0 Å². The van der Waals surface area contributed by atoms with E-state index in [1.165, 1.54) is 12.1 Å². The third-order valence-electron chi connectivity index (χ3n) is 4.19. The second-order valence-corrected chi connectivity index (χ2v) is 5.73. The number of aromatic amines is 1. The van der Waals surface area contributed by atoms with Crippen LogP contribution in [-0.4, -0.2) is 23.4 Å². The first-order chi connectivity index (χ1) is 10.5. The second kappa shape index (κ2) is 7.03. The van der Waals surface area contributed by atoms with Crippen molar-refractivity contribution in [3.8, 4) is 0 Å². The zero-order chi connectivity index (χ0) is 15.9. The largest absolute Gasteiger partial charge is 1.00 e. The molecule has 0 bridgehead atoms. The average Bonchev–Trinajstić information content (AvgIpc) is 3.21. The first kappa shape index (κ1) is 18.0. The van der Waals surface area contributed by atoms with Gasteiger partial charge in [-0.15, -0.1) is 0 Å². The summed E-state index contributed by atoms with van der Waals surface area (Å²) in [6.07, 6.45) is 0.912. The van der Waals surface area contributed by atoms with Crippen LogP contribution in [0.4, 0.5) is 4.39 Å². The number of amides is 1. The molecule has 1 aliphatic rings. The van der Waals surface area contributed by atoms with E-state index in [9.17, 15) is 19.1 Å². The van der Waals surface area contributed by atoms with Crippen molar-refractivity contribution in [3.63, 3.8) is 0 Å². The van der Waals surface area contributed by atoms with Crippen molar-refractivity contribution in [2.45, 2.75) is 19.8 Å². The first-order valence-electron chi connectivity index (χ1n) is 7.22. The molecule has 1 saturated carbocycles. The van der Waals surface area contributed by atoms with E-state index in [-0.39, 0.29) is 41.3 Å². The molecule has 1 aromatic carbocycles. The van der Waals surface area contributed by atoms with Gasteiger partial charge in [-0.1, -0.05) is 0 Å². The number of halogens is 1. The van der Waals surface area contributed by atoms with Crippen molar-refractivity contribution in [2.75, 3.05) is 6.54 Å². The van der Waals surface area contributed by atoms with Gasteiger partial charge in [-0.3, -0.25) is 4.79 Å². The minimum absolute atomic E-state index is 0. The average molecular weight is 326 g/mol. The summed E-state index contributed by atoms with van der Waals surface area (Å²) in [5.74, 6) is -2.83. The minimum Gasteiger partial charge on any atom is -0.550 e. The number of benzene rings is 1. The maximum atomic E-state index is 13.4. The third kappa shape index (κ3) is 3.76. The Bertz CT molecular complexity index is 759. The number of fused-ring (bicyclic) bond motifs is 1. The molecule has 0 unspecified atom stereocenters. The Hall–Kier alpha value is -1.37. The number of hydrogen-bond donors (Lipinski definition) is 2. The monoisotopic (exact) mass is 326 g/mol. The summed E-state index contributed by atoms with van der Waals surface area (Å²) in [6.45, 7) is 2.29.